The fraction of sp³-hybridized carbons (Fsp3) is 0.622. The van der Waals surface area contributed by atoms with Crippen molar-refractivity contribution in [3.05, 3.63) is 93.8 Å². The van der Waals surface area contributed by atoms with E-state index in [1.807, 2.05) is 41.5 Å². The zero-order valence-electron chi connectivity index (χ0n) is 69.5. The van der Waals surface area contributed by atoms with Crippen molar-refractivity contribution in [2.75, 3.05) is 26.7 Å². The van der Waals surface area contributed by atoms with Gasteiger partial charge in [-0.05, 0) is 179 Å². The highest BCUT2D eigenvalue weighted by Crippen LogP contribution is 2.37. The molecule has 1 aliphatic carbocycles. The number of amides is 9. The molecule has 4 aromatic rings. The number of rotatable bonds is 39. The van der Waals surface area contributed by atoms with Crippen molar-refractivity contribution in [2.45, 2.75) is 280 Å². The number of nitrogens with zero attached hydrogens (tertiary/aromatic N) is 6. The first-order valence-corrected chi connectivity index (χ1v) is 39.2. The van der Waals surface area contributed by atoms with E-state index in [2.05, 4.69) is 57.9 Å². The molecule has 2 heterocycles. The Balaban J connectivity index is 1.52. The van der Waals surface area contributed by atoms with Crippen LogP contribution in [0.2, 0.25) is 0 Å². The molecule has 10 N–H and O–H groups in total. The molecule has 1 aliphatic rings. The summed E-state index contributed by atoms with van der Waals surface area (Å²) in [4.78, 5) is 179. The molecule has 2 aromatic heterocycles. The van der Waals surface area contributed by atoms with Crippen molar-refractivity contribution >= 4 is 98.8 Å². The highest BCUT2D eigenvalue weighted by molar-refractivity contribution is 6.23. The van der Waals surface area contributed by atoms with E-state index in [1.54, 1.807) is 137 Å². The van der Waals surface area contributed by atoms with Crippen LogP contribution in [0.4, 0.5) is 14.4 Å². The lowest BCUT2D eigenvalue weighted by Gasteiger charge is -2.30. The van der Waals surface area contributed by atoms with Gasteiger partial charge in [-0.25, -0.2) is 23.5 Å². The number of ether oxygens (including phenoxy) is 3. The maximum absolute atomic E-state index is 15.5. The lowest BCUT2D eigenvalue weighted by Crippen LogP contribution is -2.61. The largest absolute Gasteiger partial charge is 0.511 e. The van der Waals surface area contributed by atoms with Crippen LogP contribution >= 0.6 is 0 Å². The molecule has 0 bridgehead atoms. The lowest BCUT2D eigenvalue weighted by atomic mass is 9.75. The number of hydrogen-bond donors (Lipinski definition) is 10. The second kappa shape index (κ2) is 42.5. The van der Waals surface area contributed by atoms with Crippen LogP contribution in [0, 0.1) is 23.2 Å². The van der Waals surface area contributed by atoms with Gasteiger partial charge in [-0.1, -0.05) is 103 Å². The number of carbonyl (C=O) groups excluding carboxylic acids is 12. The van der Waals surface area contributed by atoms with E-state index in [0.717, 1.165) is 0 Å². The predicted octanol–water partition coefficient (Wildman–Crippen LogP) is 10.8. The number of nitrogens with one attached hydrogen (secondary N) is 9. The average molecular weight is 1570 g/mol. The summed E-state index contributed by atoms with van der Waals surface area (Å²) in [6.07, 6.45) is -0.395. The summed E-state index contributed by atoms with van der Waals surface area (Å²) in [6, 6.07) is 7.48. The van der Waals surface area contributed by atoms with Crippen molar-refractivity contribution in [2.24, 2.45) is 33.3 Å². The van der Waals surface area contributed by atoms with Gasteiger partial charge >= 0.3 is 18.3 Å². The first-order valence-electron chi connectivity index (χ1n) is 39.2. The molecular formula is C82H123N15O16. The third-order valence-corrected chi connectivity index (χ3v) is 18.2. The first-order chi connectivity index (χ1) is 52.8. The summed E-state index contributed by atoms with van der Waals surface area (Å²) in [5, 5.41) is 40.8. The number of ketones is 1. The highest BCUT2D eigenvalue weighted by Gasteiger charge is 2.39. The number of aromatic nitrogens is 2. The second-order valence-electron chi connectivity index (χ2n) is 34.0. The minimum atomic E-state index is -1.62. The number of Topliss-reactive ketones (excluding diaryl/α,β-unsaturated/α-hetero) is 1. The molecule has 0 fully saturated rings. The van der Waals surface area contributed by atoms with Crippen LogP contribution in [-0.2, 0) is 70.2 Å². The van der Waals surface area contributed by atoms with Crippen molar-refractivity contribution in [3.63, 3.8) is 0 Å². The summed E-state index contributed by atoms with van der Waals surface area (Å²) in [5.41, 5.74) is 8.14. The average Bonchev–Trinajstić information content (AvgIpc) is 1.70. The van der Waals surface area contributed by atoms with Gasteiger partial charge in [-0.3, -0.25) is 48.1 Å². The number of carbonyl (C=O) groups is 12. The molecule has 5 rings (SSSR count). The molecule has 2 aromatic carbocycles. The number of benzene rings is 2. The van der Waals surface area contributed by atoms with Crippen LogP contribution in [-0.4, -0.2) is 177 Å². The van der Waals surface area contributed by atoms with Gasteiger partial charge in [0, 0.05) is 92.1 Å². The van der Waals surface area contributed by atoms with Crippen LogP contribution in [0.3, 0.4) is 0 Å². The number of unbranched alkanes of at least 4 members (excludes halogenated alkanes) is 3. The fourth-order valence-electron chi connectivity index (χ4n) is 13.2. The lowest BCUT2D eigenvalue weighted by molar-refractivity contribution is -0.136. The molecule has 31 nitrogen and oxygen atoms in total. The monoisotopic (exact) mass is 1570 g/mol. The number of fused-ring (bicyclic) bond motifs is 2. The van der Waals surface area contributed by atoms with E-state index in [1.165, 1.54) is 23.1 Å². The minimum absolute atomic E-state index is 0.00525. The maximum Gasteiger partial charge on any atom is 0.419 e. The van der Waals surface area contributed by atoms with Crippen molar-refractivity contribution < 1.29 is 76.9 Å². The quantitative estimate of drug-likeness (QED) is 0.00495. The number of aliphatic hydroxyl groups excluding tert-OH is 1. The molecule has 0 saturated heterocycles. The van der Waals surface area contributed by atoms with Crippen LogP contribution in [0.25, 0.3) is 32.2 Å². The van der Waals surface area contributed by atoms with Crippen LogP contribution < -0.4 is 47.9 Å². The summed E-state index contributed by atoms with van der Waals surface area (Å²) in [7, 11) is 1.39. The number of alkyl carbamates (subject to hydrolysis) is 1. The van der Waals surface area contributed by atoms with Gasteiger partial charge in [-0.2, -0.15) is 0 Å². The van der Waals surface area contributed by atoms with E-state index >= 15 is 14.4 Å². The molecule has 113 heavy (non-hydrogen) atoms. The third kappa shape index (κ3) is 30.6. The number of aliphatic hydroxyl groups is 1. The molecular weight excluding hydrogens is 1450 g/mol. The first kappa shape index (κ1) is 93.3. The standard InChI is InChI=1S/C82H123N15O16/c1-48(2)40-59(67-65(99)46-82(17,18)47-66(67)100)85-37-27-24-32-56(88-51(7)98)70(102)93-62(45-55-43-53-31-21-23-36-64(53)97(55)78(110)113-81(14,15)16)74(106)89-58(33-25-28-38-86-76(108)111-79(8,9)10)72(104)94-68(50(5)6)75(107)90-57(34-26-29-39-87-95-83)71(103)91-60(41-49(3)4)73(105)92-61(69(101)84-19)44-54-42-52-30-20-22-35-63(52)96(54)77(109)112-80(11,12)13/h20-23,30-31,35-36,42-43,48-50,56-58,60-62,68,99H,24-29,32-34,37-41,44-47H2,1-19H3,(H,84,101)(H,86,108)(H,88,98)(H,89,106)(H,90,107)(H,91,103)(H,92,105)(H,93,102)(H,94,104). The zero-order chi connectivity index (χ0) is 84.5. The maximum atomic E-state index is 15.5. The smallest absolute Gasteiger partial charge is 0.419 e. The minimum Gasteiger partial charge on any atom is -0.511 e. The van der Waals surface area contributed by atoms with Gasteiger partial charge < -0.3 is 67.2 Å². The molecule has 0 spiro atoms. The highest BCUT2D eigenvalue weighted by atomic mass is 16.6. The van der Waals surface area contributed by atoms with Crippen LogP contribution in [0.15, 0.2) is 82.1 Å². The number of hydrogen-bond acceptors (Lipinski definition) is 18. The molecule has 7 unspecified atom stereocenters. The van der Waals surface area contributed by atoms with E-state index < -0.39 is 142 Å². The van der Waals surface area contributed by atoms with E-state index in [-0.39, 0.29) is 118 Å². The summed E-state index contributed by atoms with van der Waals surface area (Å²) < 4.78 is 19.7. The molecule has 31 heteroatoms. The number of para-hydroxylation sites is 2. The van der Waals surface area contributed by atoms with Gasteiger partial charge in [-0.15, -0.1) is 0 Å². The number of azide groups is 1. The Morgan fingerprint density at radius 2 is 0.982 bits per heavy atom. The van der Waals surface area contributed by atoms with Gasteiger partial charge in [0.05, 0.1) is 16.6 Å². The van der Waals surface area contributed by atoms with E-state index in [9.17, 15) is 48.3 Å². The third-order valence-electron chi connectivity index (χ3n) is 18.2. The Hall–Kier alpha value is -10.3. The van der Waals surface area contributed by atoms with Crippen LogP contribution in [0.1, 0.15) is 219 Å². The predicted molar refractivity (Wildman–Crippen MR) is 431 cm³/mol. The van der Waals surface area contributed by atoms with Gasteiger partial charge in [0.15, 0.2) is 5.78 Å². The fourth-order valence-corrected chi connectivity index (χ4v) is 13.2. The van der Waals surface area contributed by atoms with Crippen LogP contribution in [0.5, 0.6) is 0 Å². The Morgan fingerprint density at radius 1 is 0.549 bits per heavy atom. The Labute approximate surface area is 663 Å². The second-order valence-corrected chi connectivity index (χ2v) is 34.0. The zero-order valence-corrected chi connectivity index (χ0v) is 69.5. The summed E-state index contributed by atoms with van der Waals surface area (Å²) in [6.45, 7) is 31.6. The molecule has 0 saturated carbocycles. The van der Waals surface area contributed by atoms with E-state index in [0.29, 0.717) is 58.9 Å². The summed E-state index contributed by atoms with van der Waals surface area (Å²) in [5.74, 6) is -7.32. The van der Waals surface area contributed by atoms with Gasteiger partial charge in [0.25, 0.3) is 0 Å². The molecule has 0 aliphatic heterocycles. The SMILES string of the molecule is CNC(=O)C(Cc1cc2ccccc2n1C(=O)OC(C)(C)C)NC(=O)C(CC(C)C)NC(=O)C(CCCCN=[N+]=[N-])NC(=O)C(NC(=O)C(CCCCNC(=O)OC(C)(C)C)NC(=O)C(Cc1cc2ccccc2n1C(=O)OC(C)(C)C)NC(=O)C(CCCCN=C(CC(C)C)C1=C(O)CC(C)(C)CC1=O)NC(C)=O)C(C)C. The number of allylic oxidation sites excluding steroid dienone is 2. The molecule has 9 amide bonds. The molecule has 622 valence electrons. The van der Waals surface area contributed by atoms with Crippen molar-refractivity contribution in [1.82, 2.24) is 57.0 Å². The molecule has 0 radical (unpaired) electrons. The summed E-state index contributed by atoms with van der Waals surface area (Å²) >= 11 is 0. The normalized spacial score (nSPS) is 15.2. The topological polar surface area (TPSA) is 432 Å². The number of aliphatic imine (C=N–C) groups is 1. The van der Waals surface area contributed by atoms with Crippen molar-refractivity contribution in [1.29, 1.82) is 0 Å². The van der Waals surface area contributed by atoms with Crippen molar-refractivity contribution in [3.8, 4) is 0 Å². The Morgan fingerprint density at radius 3 is 1.44 bits per heavy atom. The molecule has 7 atom stereocenters. The Kier molecular flexibility index (Phi) is 35.1. The number of likely N-dealkylation sites (N-methyl/N-ethyl adjacent to an activating group) is 1. The van der Waals surface area contributed by atoms with E-state index in [4.69, 9.17) is 24.7 Å². The van der Waals surface area contributed by atoms with Gasteiger partial charge in [0.1, 0.15) is 64.9 Å². The Bertz CT molecular complexity index is 4140. The van der Waals surface area contributed by atoms with Gasteiger partial charge in [0.2, 0.25) is 47.3 Å².